The summed E-state index contributed by atoms with van der Waals surface area (Å²) in [6, 6.07) is 39.7. The van der Waals surface area contributed by atoms with Crippen molar-refractivity contribution in [1.29, 1.82) is 0 Å². The van der Waals surface area contributed by atoms with Gasteiger partial charge in [0.05, 0.1) is 35.4 Å². The molecule has 0 radical (unpaired) electrons. The van der Waals surface area contributed by atoms with Crippen molar-refractivity contribution in [2.45, 2.75) is 0 Å². The summed E-state index contributed by atoms with van der Waals surface area (Å²) in [6.45, 7) is 0. The van der Waals surface area contributed by atoms with E-state index in [1.807, 2.05) is 24.1 Å². The van der Waals surface area contributed by atoms with Gasteiger partial charge in [-0.2, -0.15) is 0 Å². The number of fused-ring (bicyclic) bond motifs is 6. The molecular weight excluding hydrogens is 528 g/mol. The first kappa shape index (κ1) is 23.8. The fraction of sp³-hybridized carbons (Fsp3) is 0.0270. The van der Waals surface area contributed by atoms with E-state index < -0.39 is 0 Å². The molecule has 4 heterocycles. The number of imidazole rings is 2. The lowest BCUT2D eigenvalue weighted by atomic mass is 10.1. The third-order valence-corrected chi connectivity index (χ3v) is 8.55. The fourth-order valence-corrected chi connectivity index (χ4v) is 6.55. The molecule has 0 spiro atoms. The lowest BCUT2D eigenvalue weighted by Crippen LogP contribution is -2.23. The zero-order valence-corrected chi connectivity index (χ0v) is 23.5. The number of nitrogens with zero attached hydrogens (tertiary/aromatic N) is 6. The molecular formula is C37H27N6+. The minimum atomic E-state index is 1.09. The zero-order chi connectivity index (χ0) is 28.5. The van der Waals surface area contributed by atoms with Crippen molar-refractivity contribution >= 4 is 43.6 Å². The highest BCUT2D eigenvalue weighted by atomic mass is 15.1. The highest BCUT2D eigenvalue weighted by Crippen LogP contribution is 2.39. The summed E-state index contributed by atoms with van der Waals surface area (Å²) in [5, 5.41) is 4.96. The molecule has 0 atom stereocenters. The summed E-state index contributed by atoms with van der Waals surface area (Å²) < 4.78 is 11.0. The molecule has 0 saturated heterocycles. The van der Waals surface area contributed by atoms with Crippen LogP contribution in [0.25, 0.3) is 66.4 Å². The number of benzene rings is 5. The molecule has 0 aliphatic carbocycles. The third kappa shape index (κ3) is 3.60. The summed E-state index contributed by atoms with van der Waals surface area (Å²) in [5.74, 6) is 0. The van der Waals surface area contributed by atoms with Crippen LogP contribution in [0.5, 0.6) is 0 Å². The van der Waals surface area contributed by atoms with Gasteiger partial charge in [0.25, 0.3) is 0 Å². The average molecular weight is 556 g/mol. The average Bonchev–Trinajstić information content (AvgIpc) is 3.85. The topological polar surface area (TPSA) is 36.5 Å². The number of rotatable bonds is 4. The molecule has 0 aliphatic heterocycles. The predicted molar refractivity (Wildman–Crippen MR) is 173 cm³/mol. The molecule has 0 amide bonds. The lowest BCUT2D eigenvalue weighted by molar-refractivity contribution is -0.670. The van der Waals surface area contributed by atoms with Gasteiger partial charge < -0.3 is 13.7 Å². The van der Waals surface area contributed by atoms with Gasteiger partial charge in [-0.15, -0.1) is 0 Å². The molecule has 6 nitrogen and oxygen atoms in total. The highest BCUT2D eigenvalue weighted by Gasteiger charge is 2.18. The van der Waals surface area contributed by atoms with Crippen molar-refractivity contribution in [3.05, 3.63) is 147 Å². The Kier molecular flexibility index (Phi) is 5.01. The molecule has 5 aromatic carbocycles. The minimum Gasteiger partial charge on any atom is -0.309 e. The fourth-order valence-electron chi connectivity index (χ4n) is 6.55. The van der Waals surface area contributed by atoms with Crippen LogP contribution < -0.4 is 4.57 Å². The van der Waals surface area contributed by atoms with Gasteiger partial charge in [-0.1, -0.05) is 36.4 Å². The van der Waals surface area contributed by atoms with Crippen LogP contribution >= 0.6 is 0 Å². The Morgan fingerprint density at radius 3 is 1.51 bits per heavy atom. The molecule has 9 aromatic rings. The van der Waals surface area contributed by atoms with E-state index in [0.29, 0.717) is 0 Å². The molecule has 0 bridgehead atoms. The number of aryl methyl sites for hydroxylation is 1. The molecule has 9 rings (SSSR count). The van der Waals surface area contributed by atoms with Crippen molar-refractivity contribution in [3.8, 4) is 22.7 Å². The summed E-state index contributed by atoms with van der Waals surface area (Å²) in [6.07, 6.45) is 11.8. The van der Waals surface area contributed by atoms with Gasteiger partial charge in [0.15, 0.2) is 0 Å². The molecule has 0 saturated carbocycles. The van der Waals surface area contributed by atoms with Crippen LogP contribution in [0.1, 0.15) is 0 Å². The first-order chi connectivity index (χ1) is 21.2. The van der Waals surface area contributed by atoms with E-state index in [9.17, 15) is 0 Å². The van der Waals surface area contributed by atoms with Gasteiger partial charge in [0.2, 0.25) is 6.33 Å². The van der Waals surface area contributed by atoms with Crippen LogP contribution in [0.3, 0.4) is 0 Å². The van der Waals surface area contributed by atoms with Gasteiger partial charge in [0.1, 0.15) is 18.1 Å². The van der Waals surface area contributed by atoms with Gasteiger partial charge >= 0.3 is 0 Å². The summed E-state index contributed by atoms with van der Waals surface area (Å²) in [4.78, 5) is 4.20. The van der Waals surface area contributed by atoms with Crippen LogP contribution in [-0.2, 0) is 7.05 Å². The van der Waals surface area contributed by atoms with Gasteiger partial charge in [0, 0.05) is 51.0 Å². The Labute approximate surface area is 247 Å². The number of para-hydroxylation sites is 2. The smallest absolute Gasteiger partial charge is 0.248 e. The minimum absolute atomic E-state index is 1.09. The maximum absolute atomic E-state index is 4.20. The SMILES string of the molecule is C[n+]1ccn(-c2ccc(-n3c4ccccc4c4cc5c(cc43)c3ccccc3n5-c3ccc(-n4ccnc4)cc3)cc2)c1. The molecule has 6 heteroatoms. The van der Waals surface area contributed by atoms with Crippen LogP contribution in [0.4, 0.5) is 0 Å². The van der Waals surface area contributed by atoms with E-state index in [2.05, 4.69) is 151 Å². The zero-order valence-electron chi connectivity index (χ0n) is 23.5. The largest absolute Gasteiger partial charge is 0.309 e. The monoisotopic (exact) mass is 555 g/mol. The molecule has 0 fully saturated rings. The van der Waals surface area contributed by atoms with Crippen molar-refractivity contribution in [3.63, 3.8) is 0 Å². The second-order valence-corrected chi connectivity index (χ2v) is 11.1. The van der Waals surface area contributed by atoms with Crippen molar-refractivity contribution in [2.75, 3.05) is 0 Å². The molecule has 0 aliphatic rings. The normalized spacial score (nSPS) is 11.8. The standard InChI is InChI=1S/C37H27N6/c1-39-20-21-41(25-39)27-12-16-29(17-13-27)43-35-9-5-3-7-31(35)33-22-36-32(23-37(33)43)30-6-2-4-8-34(30)42(36)28-14-10-26(11-15-28)40-19-18-38-24-40/h2-25H,1H3/q+1. The van der Waals surface area contributed by atoms with E-state index in [0.717, 1.165) is 22.7 Å². The van der Waals surface area contributed by atoms with Crippen LogP contribution in [0.15, 0.2) is 147 Å². The van der Waals surface area contributed by atoms with Gasteiger partial charge in [-0.3, -0.25) is 0 Å². The molecule has 0 N–H and O–H groups in total. The summed E-state index contributed by atoms with van der Waals surface area (Å²) in [7, 11) is 2.04. The maximum atomic E-state index is 4.20. The van der Waals surface area contributed by atoms with Crippen molar-refractivity contribution in [1.82, 2.24) is 23.3 Å². The van der Waals surface area contributed by atoms with Crippen molar-refractivity contribution in [2.24, 2.45) is 7.05 Å². The van der Waals surface area contributed by atoms with Gasteiger partial charge in [-0.05, 0) is 72.8 Å². The Morgan fingerprint density at radius 1 is 0.512 bits per heavy atom. The first-order valence-electron chi connectivity index (χ1n) is 14.4. The third-order valence-electron chi connectivity index (χ3n) is 8.55. The Morgan fingerprint density at radius 2 is 1.02 bits per heavy atom. The Hall–Kier alpha value is -5.88. The predicted octanol–water partition coefficient (Wildman–Crippen LogP) is 7.68. The van der Waals surface area contributed by atoms with Crippen LogP contribution in [0, 0.1) is 0 Å². The highest BCUT2D eigenvalue weighted by molar-refractivity contribution is 6.19. The van der Waals surface area contributed by atoms with Gasteiger partial charge in [-0.25, -0.2) is 14.1 Å². The quantitative estimate of drug-likeness (QED) is 0.205. The van der Waals surface area contributed by atoms with E-state index in [1.165, 1.54) is 43.6 Å². The Bertz CT molecular complexity index is 2440. The number of hydrogen-bond acceptors (Lipinski definition) is 1. The van der Waals surface area contributed by atoms with E-state index in [-0.39, 0.29) is 0 Å². The molecule has 4 aromatic heterocycles. The van der Waals surface area contributed by atoms with E-state index in [1.54, 1.807) is 6.20 Å². The van der Waals surface area contributed by atoms with Crippen LogP contribution in [0.2, 0.25) is 0 Å². The van der Waals surface area contributed by atoms with E-state index in [4.69, 9.17) is 0 Å². The molecule has 0 unspecified atom stereocenters. The van der Waals surface area contributed by atoms with E-state index >= 15 is 0 Å². The first-order valence-corrected chi connectivity index (χ1v) is 14.4. The summed E-state index contributed by atoms with van der Waals surface area (Å²) >= 11 is 0. The number of aromatic nitrogens is 6. The maximum Gasteiger partial charge on any atom is 0.248 e. The summed E-state index contributed by atoms with van der Waals surface area (Å²) in [5.41, 5.74) is 9.29. The van der Waals surface area contributed by atoms with Crippen LogP contribution in [-0.4, -0.2) is 23.3 Å². The second-order valence-electron chi connectivity index (χ2n) is 11.1. The molecule has 204 valence electrons. The Balaban J connectivity index is 1.29. The lowest BCUT2D eigenvalue weighted by Gasteiger charge is -2.10. The number of hydrogen-bond donors (Lipinski definition) is 0. The second kappa shape index (κ2) is 9.06. The molecule has 43 heavy (non-hydrogen) atoms. The van der Waals surface area contributed by atoms with Crippen molar-refractivity contribution < 1.29 is 4.57 Å².